The second-order valence-electron chi connectivity index (χ2n) is 4.46. The van der Waals surface area contributed by atoms with Gasteiger partial charge in [-0.3, -0.25) is 4.98 Å². The first-order valence-corrected chi connectivity index (χ1v) is 6.56. The topological polar surface area (TPSA) is 77.8 Å². The molecule has 5 nitrogen and oxygen atoms in total. The van der Waals surface area contributed by atoms with Crippen LogP contribution in [-0.2, 0) is 6.42 Å². The zero-order valence-corrected chi connectivity index (χ0v) is 11.9. The summed E-state index contributed by atoms with van der Waals surface area (Å²) in [6, 6.07) is 3.74. The molecule has 96 valence electrons. The fourth-order valence-electron chi connectivity index (χ4n) is 1.42. The Kier molecular flexibility index (Phi) is 4.08. The van der Waals surface area contributed by atoms with E-state index in [2.05, 4.69) is 44.9 Å². The van der Waals surface area contributed by atoms with Crippen molar-refractivity contribution < 1.29 is 4.52 Å². The van der Waals surface area contributed by atoms with E-state index in [0.717, 1.165) is 4.47 Å². The Hall–Kier alpha value is -1.27. The molecule has 0 amide bonds. The summed E-state index contributed by atoms with van der Waals surface area (Å²) < 4.78 is 6.03. The first-order chi connectivity index (χ1) is 8.58. The van der Waals surface area contributed by atoms with Crippen molar-refractivity contribution in [1.29, 1.82) is 0 Å². The van der Waals surface area contributed by atoms with E-state index >= 15 is 0 Å². The Bertz CT molecular complexity index is 526. The molecule has 2 aromatic rings. The molecule has 2 rings (SSSR count). The van der Waals surface area contributed by atoms with Crippen molar-refractivity contribution >= 4 is 15.9 Å². The van der Waals surface area contributed by atoms with E-state index in [0.29, 0.717) is 29.7 Å². The number of aromatic nitrogens is 3. The molecule has 0 bridgehead atoms. The van der Waals surface area contributed by atoms with E-state index in [1.807, 2.05) is 12.1 Å². The zero-order chi connectivity index (χ0) is 13.1. The second kappa shape index (κ2) is 5.58. The van der Waals surface area contributed by atoms with E-state index in [1.165, 1.54) is 0 Å². The van der Waals surface area contributed by atoms with Gasteiger partial charge in [0, 0.05) is 23.1 Å². The van der Waals surface area contributed by atoms with Crippen molar-refractivity contribution in [2.24, 2.45) is 11.7 Å². The number of hydrogen-bond donors (Lipinski definition) is 1. The molecule has 0 radical (unpaired) electrons. The van der Waals surface area contributed by atoms with E-state index in [1.54, 1.807) is 6.20 Å². The molecular weight excluding hydrogens is 296 g/mol. The molecule has 2 N–H and O–H groups in total. The third-order valence-corrected chi connectivity index (χ3v) is 3.34. The monoisotopic (exact) mass is 310 g/mol. The summed E-state index contributed by atoms with van der Waals surface area (Å²) in [5.74, 6) is 1.40. The summed E-state index contributed by atoms with van der Waals surface area (Å²) >= 11 is 3.41. The van der Waals surface area contributed by atoms with Gasteiger partial charge in [-0.25, -0.2) is 0 Å². The summed E-state index contributed by atoms with van der Waals surface area (Å²) in [6.45, 7) is 4.13. The Morgan fingerprint density at radius 1 is 1.44 bits per heavy atom. The van der Waals surface area contributed by atoms with E-state index in [9.17, 15) is 0 Å². The predicted molar refractivity (Wildman–Crippen MR) is 71.7 cm³/mol. The van der Waals surface area contributed by atoms with Crippen LogP contribution in [0.25, 0.3) is 11.5 Å². The lowest BCUT2D eigenvalue weighted by Gasteiger charge is -2.11. The van der Waals surface area contributed by atoms with Gasteiger partial charge >= 0.3 is 0 Å². The van der Waals surface area contributed by atoms with Gasteiger partial charge in [0.1, 0.15) is 5.69 Å². The lowest BCUT2D eigenvalue weighted by atomic mass is 10.0. The van der Waals surface area contributed by atoms with Crippen LogP contribution in [0.2, 0.25) is 0 Å². The highest BCUT2D eigenvalue weighted by Gasteiger charge is 2.16. The third kappa shape index (κ3) is 2.94. The smallest absolute Gasteiger partial charge is 0.228 e. The van der Waals surface area contributed by atoms with Crippen molar-refractivity contribution in [3.05, 3.63) is 28.7 Å². The summed E-state index contributed by atoms with van der Waals surface area (Å²) in [7, 11) is 0. The van der Waals surface area contributed by atoms with Crippen molar-refractivity contribution in [3.8, 4) is 11.5 Å². The molecule has 2 heterocycles. The minimum atomic E-state index is 0.0190. The van der Waals surface area contributed by atoms with Gasteiger partial charge in [0.05, 0.1) is 0 Å². The number of rotatable bonds is 4. The molecule has 6 heteroatoms. The second-order valence-corrected chi connectivity index (χ2v) is 5.31. The number of nitrogens with zero attached hydrogens (tertiary/aromatic N) is 3. The molecule has 0 aliphatic heterocycles. The summed E-state index contributed by atoms with van der Waals surface area (Å²) in [6.07, 6.45) is 2.27. The van der Waals surface area contributed by atoms with Crippen molar-refractivity contribution in [2.75, 3.05) is 0 Å². The van der Waals surface area contributed by atoms with Crippen LogP contribution in [0.5, 0.6) is 0 Å². The largest absolute Gasteiger partial charge is 0.339 e. The van der Waals surface area contributed by atoms with Crippen LogP contribution in [0.1, 0.15) is 19.7 Å². The molecule has 0 spiro atoms. The highest BCUT2D eigenvalue weighted by molar-refractivity contribution is 9.10. The van der Waals surface area contributed by atoms with Gasteiger partial charge in [0.2, 0.25) is 11.7 Å². The van der Waals surface area contributed by atoms with Gasteiger partial charge in [0.15, 0.2) is 0 Å². The first-order valence-electron chi connectivity index (χ1n) is 5.77. The lowest BCUT2D eigenvalue weighted by Crippen LogP contribution is -2.28. The van der Waals surface area contributed by atoms with Gasteiger partial charge in [-0.05, 0) is 34.0 Å². The lowest BCUT2D eigenvalue weighted by molar-refractivity contribution is 0.353. The Morgan fingerprint density at radius 3 is 2.89 bits per heavy atom. The molecule has 0 saturated heterocycles. The molecule has 0 aliphatic carbocycles. The minimum Gasteiger partial charge on any atom is -0.339 e. The fraction of sp³-hybridized carbons (Fsp3) is 0.417. The number of halogens is 1. The standard InChI is InChI=1S/C12H15BrN4O/c1-7(2)9(14)6-10-16-12(17-18-10)11-8(13)4-3-5-15-11/h3-5,7,9H,6,14H2,1-2H3. The van der Waals surface area contributed by atoms with Crippen LogP contribution in [-0.4, -0.2) is 21.2 Å². The van der Waals surface area contributed by atoms with Crippen molar-refractivity contribution in [1.82, 2.24) is 15.1 Å². The molecule has 0 fully saturated rings. The minimum absolute atomic E-state index is 0.0190. The van der Waals surface area contributed by atoms with Crippen LogP contribution in [0, 0.1) is 5.92 Å². The van der Waals surface area contributed by atoms with E-state index in [-0.39, 0.29) is 6.04 Å². The maximum absolute atomic E-state index is 5.97. The third-order valence-electron chi connectivity index (χ3n) is 2.70. The van der Waals surface area contributed by atoms with Gasteiger partial charge in [-0.15, -0.1) is 0 Å². The molecule has 0 aliphatic rings. The highest BCUT2D eigenvalue weighted by Crippen LogP contribution is 2.23. The van der Waals surface area contributed by atoms with Crippen LogP contribution in [0.15, 0.2) is 27.3 Å². The van der Waals surface area contributed by atoms with E-state index < -0.39 is 0 Å². The van der Waals surface area contributed by atoms with Crippen molar-refractivity contribution in [2.45, 2.75) is 26.3 Å². The van der Waals surface area contributed by atoms with Crippen LogP contribution >= 0.6 is 15.9 Å². The Balaban J connectivity index is 2.18. The molecule has 2 aromatic heterocycles. The predicted octanol–water partition coefficient (Wildman–Crippen LogP) is 2.42. The summed E-state index contributed by atoms with van der Waals surface area (Å²) in [5, 5.41) is 3.93. The summed E-state index contributed by atoms with van der Waals surface area (Å²) in [4.78, 5) is 8.53. The molecule has 1 unspecified atom stereocenters. The SMILES string of the molecule is CC(C)C(N)Cc1nc(-c2ncccc2Br)no1. The fourth-order valence-corrected chi connectivity index (χ4v) is 1.85. The van der Waals surface area contributed by atoms with Gasteiger partial charge in [-0.1, -0.05) is 19.0 Å². The van der Waals surface area contributed by atoms with Gasteiger partial charge < -0.3 is 10.3 Å². The van der Waals surface area contributed by atoms with Gasteiger partial charge in [-0.2, -0.15) is 4.98 Å². The quantitative estimate of drug-likeness (QED) is 0.938. The van der Waals surface area contributed by atoms with E-state index in [4.69, 9.17) is 10.3 Å². The normalized spacial score (nSPS) is 12.9. The maximum atomic E-state index is 5.97. The first kappa shape index (κ1) is 13.2. The van der Waals surface area contributed by atoms with Crippen molar-refractivity contribution in [3.63, 3.8) is 0 Å². The number of nitrogens with two attached hydrogens (primary N) is 1. The number of pyridine rings is 1. The maximum Gasteiger partial charge on any atom is 0.228 e. The van der Waals surface area contributed by atoms with Crippen LogP contribution < -0.4 is 5.73 Å². The molecule has 18 heavy (non-hydrogen) atoms. The van der Waals surface area contributed by atoms with Gasteiger partial charge in [0.25, 0.3) is 0 Å². The highest BCUT2D eigenvalue weighted by atomic mass is 79.9. The van der Waals surface area contributed by atoms with Crippen LogP contribution in [0.4, 0.5) is 0 Å². The zero-order valence-electron chi connectivity index (χ0n) is 10.3. The van der Waals surface area contributed by atoms with Crippen LogP contribution in [0.3, 0.4) is 0 Å². The molecule has 0 aromatic carbocycles. The average Bonchev–Trinajstić information content (AvgIpc) is 2.77. The Morgan fingerprint density at radius 2 is 2.22 bits per heavy atom. The number of hydrogen-bond acceptors (Lipinski definition) is 5. The molecule has 0 saturated carbocycles. The summed E-state index contributed by atoms with van der Waals surface area (Å²) in [5.41, 5.74) is 6.65. The molecular formula is C12H15BrN4O. The average molecular weight is 311 g/mol. The Labute approximate surface area is 114 Å². The molecule has 1 atom stereocenters.